The van der Waals surface area contributed by atoms with Gasteiger partial charge in [-0.1, -0.05) is 43.1 Å². The van der Waals surface area contributed by atoms with Crippen LogP contribution in [0.5, 0.6) is 0 Å². The molecule has 2 unspecified atom stereocenters. The predicted octanol–water partition coefficient (Wildman–Crippen LogP) is 4.24. The van der Waals surface area contributed by atoms with Gasteiger partial charge in [0.15, 0.2) is 0 Å². The predicted molar refractivity (Wildman–Crippen MR) is 90.0 cm³/mol. The smallest absolute Gasteiger partial charge is 0.0453 e. The summed E-state index contributed by atoms with van der Waals surface area (Å²) in [5, 5.41) is 5.10. The summed E-state index contributed by atoms with van der Waals surface area (Å²) >= 11 is 12.6. The Morgan fingerprint density at radius 3 is 2.15 bits per heavy atom. The minimum absolute atomic E-state index is 0.0541. The first kappa shape index (κ1) is 17.8. The van der Waals surface area contributed by atoms with E-state index >= 15 is 0 Å². The molecule has 0 aliphatic carbocycles. The average Bonchev–Trinajstić information content (AvgIpc) is 2.40. The Bertz CT molecular complexity index is 414. The van der Waals surface area contributed by atoms with Crippen molar-refractivity contribution in [3.05, 3.63) is 33.8 Å². The van der Waals surface area contributed by atoms with Crippen molar-refractivity contribution in [3.8, 4) is 0 Å². The van der Waals surface area contributed by atoms with Gasteiger partial charge < -0.3 is 10.2 Å². The van der Waals surface area contributed by atoms with Crippen molar-refractivity contribution in [1.82, 2.24) is 10.2 Å². The maximum atomic E-state index is 6.32. The molecule has 0 saturated carbocycles. The fourth-order valence-corrected chi connectivity index (χ4v) is 3.12. The van der Waals surface area contributed by atoms with Crippen LogP contribution in [0, 0.1) is 0 Å². The summed E-state index contributed by atoms with van der Waals surface area (Å²) in [5.74, 6) is 0. The number of nitrogens with zero attached hydrogens (tertiary/aromatic N) is 1. The van der Waals surface area contributed by atoms with E-state index in [-0.39, 0.29) is 5.54 Å². The van der Waals surface area contributed by atoms with E-state index in [4.69, 9.17) is 23.2 Å². The van der Waals surface area contributed by atoms with Crippen molar-refractivity contribution >= 4 is 23.2 Å². The zero-order chi connectivity index (χ0) is 15.3. The summed E-state index contributed by atoms with van der Waals surface area (Å²) in [7, 11) is 4.25. The van der Waals surface area contributed by atoms with Crippen LogP contribution < -0.4 is 5.32 Å². The van der Waals surface area contributed by atoms with Crippen LogP contribution in [-0.2, 0) is 6.42 Å². The molecule has 1 aromatic carbocycles. The molecule has 0 fully saturated rings. The van der Waals surface area contributed by atoms with Crippen molar-refractivity contribution in [2.24, 2.45) is 0 Å². The summed E-state index contributed by atoms with van der Waals surface area (Å²) in [6.45, 7) is 7.56. The average molecular weight is 317 g/mol. The number of hydrogen-bond acceptors (Lipinski definition) is 2. The van der Waals surface area contributed by atoms with E-state index in [0.29, 0.717) is 6.04 Å². The van der Waals surface area contributed by atoms with Gasteiger partial charge in [-0.3, -0.25) is 0 Å². The zero-order valence-corrected chi connectivity index (χ0v) is 14.6. The summed E-state index contributed by atoms with van der Waals surface area (Å²) in [5.41, 5.74) is 1.08. The summed E-state index contributed by atoms with van der Waals surface area (Å²) < 4.78 is 0. The molecule has 0 bridgehead atoms. The third-order valence-electron chi connectivity index (χ3n) is 4.41. The molecule has 0 heterocycles. The van der Waals surface area contributed by atoms with Gasteiger partial charge in [0, 0.05) is 21.6 Å². The van der Waals surface area contributed by atoms with E-state index in [1.165, 1.54) is 0 Å². The topological polar surface area (TPSA) is 15.3 Å². The molecule has 2 nitrogen and oxygen atoms in total. The van der Waals surface area contributed by atoms with Crippen LogP contribution in [0.3, 0.4) is 0 Å². The second-order valence-electron chi connectivity index (χ2n) is 5.62. The molecule has 20 heavy (non-hydrogen) atoms. The fraction of sp³-hybridized carbons (Fsp3) is 0.625. The van der Waals surface area contributed by atoms with Gasteiger partial charge in [0.05, 0.1) is 0 Å². The molecule has 1 aromatic rings. The highest BCUT2D eigenvalue weighted by atomic mass is 35.5. The first-order valence-electron chi connectivity index (χ1n) is 7.20. The van der Waals surface area contributed by atoms with Crippen molar-refractivity contribution in [1.29, 1.82) is 0 Å². The number of benzene rings is 1. The molecule has 114 valence electrons. The highest BCUT2D eigenvalue weighted by Crippen LogP contribution is 2.30. The Morgan fingerprint density at radius 1 is 1.20 bits per heavy atom. The maximum absolute atomic E-state index is 6.32. The Labute approximate surface area is 133 Å². The van der Waals surface area contributed by atoms with E-state index in [1.54, 1.807) is 0 Å². The SMILES string of the molecule is CCNC(Cc1c(Cl)cccc1Cl)C(C)(CC)N(C)C. The van der Waals surface area contributed by atoms with Gasteiger partial charge in [0.2, 0.25) is 0 Å². The number of hydrogen-bond donors (Lipinski definition) is 1. The largest absolute Gasteiger partial charge is 0.312 e. The van der Waals surface area contributed by atoms with Gasteiger partial charge >= 0.3 is 0 Å². The van der Waals surface area contributed by atoms with E-state index < -0.39 is 0 Å². The minimum Gasteiger partial charge on any atom is -0.312 e. The molecule has 0 radical (unpaired) electrons. The quantitative estimate of drug-likeness (QED) is 0.809. The van der Waals surface area contributed by atoms with Crippen LogP contribution in [-0.4, -0.2) is 37.1 Å². The van der Waals surface area contributed by atoms with Gasteiger partial charge in [0.25, 0.3) is 0 Å². The van der Waals surface area contributed by atoms with Gasteiger partial charge in [-0.2, -0.15) is 0 Å². The monoisotopic (exact) mass is 316 g/mol. The van der Waals surface area contributed by atoms with Crippen molar-refractivity contribution in [2.75, 3.05) is 20.6 Å². The Balaban J connectivity index is 3.09. The molecule has 0 saturated heterocycles. The Morgan fingerprint density at radius 2 is 1.75 bits per heavy atom. The van der Waals surface area contributed by atoms with Crippen LogP contribution in [0.15, 0.2) is 18.2 Å². The summed E-state index contributed by atoms with van der Waals surface area (Å²) in [4.78, 5) is 2.28. The lowest BCUT2D eigenvalue weighted by Crippen LogP contribution is -2.57. The minimum atomic E-state index is 0.0541. The van der Waals surface area contributed by atoms with E-state index in [9.17, 15) is 0 Å². The van der Waals surface area contributed by atoms with Crippen LogP contribution in [0.4, 0.5) is 0 Å². The molecule has 0 amide bonds. The molecule has 1 rings (SSSR count). The standard InChI is InChI=1S/C16H26Cl2N2/c1-6-16(3,20(4)5)15(19-7-2)11-12-13(17)9-8-10-14(12)18/h8-10,15,19H,6-7,11H2,1-5H3. The highest BCUT2D eigenvalue weighted by Gasteiger charge is 2.34. The fourth-order valence-electron chi connectivity index (χ4n) is 2.56. The molecule has 0 spiro atoms. The van der Waals surface area contributed by atoms with Crippen molar-refractivity contribution < 1.29 is 0 Å². The van der Waals surface area contributed by atoms with Crippen LogP contribution in [0.1, 0.15) is 32.8 Å². The zero-order valence-electron chi connectivity index (χ0n) is 13.1. The first-order valence-corrected chi connectivity index (χ1v) is 7.96. The molecule has 2 atom stereocenters. The van der Waals surface area contributed by atoms with Crippen LogP contribution >= 0.6 is 23.2 Å². The van der Waals surface area contributed by atoms with Gasteiger partial charge in [0.1, 0.15) is 0 Å². The first-order chi connectivity index (χ1) is 9.36. The van der Waals surface area contributed by atoms with Crippen LogP contribution in [0.2, 0.25) is 10.0 Å². The number of nitrogens with one attached hydrogen (secondary N) is 1. The number of rotatable bonds is 7. The van der Waals surface area contributed by atoms with Crippen molar-refractivity contribution in [2.45, 2.75) is 45.2 Å². The summed E-state index contributed by atoms with van der Waals surface area (Å²) in [6, 6.07) is 6.00. The number of halogens is 2. The van der Waals surface area contributed by atoms with Gasteiger partial charge in [-0.05, 0) is 58.1 Å². The third-order valence-corrected chi connectivity index (χ3v) is 5.12. The maximum Gasteiger partial charge on any atom is 0.0453 e. The number of likely N-dealkylation sites (N-methyl/N-ethyl adjacent to an activating group) is 2. The molecule has 0 aliphatic rings. The van der Waals surface area contributed by atoms with Crippen molar-refractivity contribution in [3.63, 3.8) is 0 Å². The van der Waals surface area contributed by atoms with E-state index in [1.807, 2.05) is 18.2 Å². The lowest BCUT2D eigenvalue weighted by atomic mass is 9.84. The molecule has 0 aliphatic heterocycles. The van der Waals surface area contributed by atoms with Gasteiger partial charge in [-0.25, -0.2) is 0 Å². The van der Waals surface area contributed by atoms with E-state index in [2.05, 4.69) is 45.1 Å². The second kappa shape index (κ2) is 7.65. The Kier molecular flexibility index (Phi) is 6.80. The Hall–Kier alpha value is -0.280. The molecular weight excluding hydrogens is 291 g/mol. The molecule has 0 aromatic heterocycles. The second-order valence-corrected chi connectivity index (χ2v) is 6.43. The normalized spacial score (nSPS) is 16.2. The third kappa shape index (κ3) is 3.88. The van der Waals surface area contributed by atoms with E-state index in [0.717, 1.165) is 35.0 Å². The van der Waals surface area contributed by atoms with Gasteiger partial charge in [-0.15, -0.1) is 0 Å². The molecule has 4 heteroatoms. The lowest BCUT2D eigenvalue weighted by molar-refractivity contribution is 0.113. The molecule has 1 N–H and O–H groups in total. The summed E-state index contributed by atoms with van der Waals surface area (Å²) in [6.07, 6.45) is 1.88. The lowest BCUT2D eigenvalue weighted by Gasteiger charge is -2.43. The highest BCUT2D eigenvalue weighted by molar-refractivity contribution is 6.36. The van der Waals surface area contributed by atoms with Crippen LogP contribution in [0.25, 0.3) is 0 Å². The molecular formula is C16H26Cl2N2.